The van der Waals surface area contributed by atoms with Crippen LogP contribution in [0.5, 0.6) is 5.75 Å². The Morgan fingerprint density at radius 1 is 1.00 bits per heavy atom. The van der Waals surface area contributed by atoms with Crippen molar-refractivity contribution in [3.8, 4) is 5.75 Å². The smallest absolute Gasteiger partial charge is 0.142 e. The van der Waals surface area contributed by atoms with Gasteiger partial charge in [0.2, 0.25) is 0 Å². The summed E-state index contributed by atoms with van der Waals surface area (Å²) < 4.78 is 5.54. The Bertz CT molecular complexity index is 505. The second kappa shape index (κ2) is 6.70. The van der Waals surface area contributed by atoms with Crippen LogP contribution in [0.3, 0.4) is 0 Å². The average Bonchev–Trinajstić information content (AvgIpc) is 2.61. The number of nitrogens with one attached hydrogen (secondary N) is 1. The van der Waals surface area contributed by atoms with Crippen LogP contribution in [-0.4, -0.2) is 57.3 Å². The van der Waals surface area contributed by atoms with Gasteiger partial charge in [-0.2, -0.15) is 0 Å². The molecule has 4 rings (SSSR count). The van der Waals surface area contributed by atoms with Gasteiger partial charge in [0, 0.05) is 32.2 Å². The van der Waals surface area contributed by atoms with Crippen LogP contribution in [0, 0.1) is 11.8 Å². The zero-order valence-electron chi connectivity index (χ0n) is 14.2. The fourth-order valence-electron chi connectivity index (χ4n) is 5.02. The quantitative estimate of drug-likeness (QED) is 0.925. The summed E-state index contributed by atoms with van der Waals surface area (Å²) in [4.78, 5) is 5.29. The lowest BCUT2D eigenvalue weighted by Gasteiger charge is -2.51. The second-order valence-electron chi connectivity index (χ2n) is 7.29. The van der Waals surface area contributed by atoms with E-state index >= 15 is 0 Å². The van der Waals surface area contributed by atoms with Gasteiger partial charge in [-0.3, -0.25) is 4.90 Å². The van der Waals surface area contributed by atoms with E-state index in [-0.39, 0.29) is 0 Å². The molecule has 2 saturated heterocycles. The topological polar surface area (TPSA) is 27.7 Å². The number of hydrogen-bond acceptors (Lipinski definition) is 4. The van der Waals surface area contributed by atoms with E-state index in [9.17, 15) is 0 Å². The minimum atomic E-state index is 0.824. The van der Waals surface area contributed by atoms with Crippen molar-refractivity contribution in [2.45, 2.75) is 25.3 Å². The van der Waals surface area contributed by atoms with Gasteiger partial charge in [0.05, 0.1) is 12.8 Å². The van der Waals surface area contributed by atoms with E-state index in [1.165, 1.54) is 51.1 Å². The molecule has 23 heavy (non-hydrogen) atoms. The third-order valence-electron chi connectivity index (χ3n) is 6.09. The number of para-hydroxylation sites is 2. The first kappa shape index (κ1) is 15.3. The number of methoxy groups -OCH3 is 1. The van der Waals surface area contributed by atoms with Gasteiger partial charge in [0.1, 0.15) is 5.75 Å². The highest BCUT2D eigenvalue weighted by molar-refractivity contribution is 5.58. The third-order valence-corrected chi connectivity index (χ3v) is 6.09. The normalized spacial score (nSPS) is 31.9. The lowest BCUT2D eigenvalue weighted by atomic mass is 9.73. The van der Waals surface area contributed by atoms with Crippen molar-refractivity contribution in [1.82, 2.24) is 10.2 Å². The second-order valence-corrected chi connectivity index (χ2v) is 7.29. The Morgan fingerprint density at radius 2 is 1.70 bits per heavy atom. The number of rotatable bonds is 3. The minimum Gasteiger partial charge on any atom is -0.495 e. The summed E-state index contributed by atoms with van der Waals surface area (Å²) in [5, 5.41) is 3.65. The molecular weight excluding hydrogens is 286 g/mol. The lowest BCUT2D eigenvalue weighted by molar-refractivity contribution is 0.0282. The number of nitrogens with zero attached hydrogens (tertiary/aromatic N) is 2. The monoisotopic (exact) mass is 315 g/mol. The highest BCUT2D eigenvalue weighted by atomic mass is 16.5. The fraction of sp³-hybridized carbons (Fsp3) is 0.684. The van der Waals surface area contributed by atoms with E-state index in [4.69, 9.17) is 4.74 Å². The first-order chi connectivity index (χ1) is 11.4. The first-order valence-electron chi connectivity index (χ1n) is 9.19. The zero-order valence-corrected chi connectivity index (χ0v) is 14.2. The van der Waals surface area contributed by atoms with Crippen molar-refractivity contribution >= 4 is 5.69 Å². The Morgan fingerprint density at radius 3 is 2.39 bits per heavy atom. The Balaban J connectivity index is 1.43. The number of piperidine rings is 1. The van der Waals surface area contributed by atoms with Gasteiger partial charge in [0.25, 0.3) is 0 Å². The molecule has 1 aliphatic carbocycles. The van der Waals surface area contributed by atoms with Crippen molar-refractivity contribution in [2.24, 2.45) is 11.8 Å². The standard InChI is InChI=1S/C19H29N3O/c1-23-18-8-3-2-7-17(18)21-9-11-22(12-10-21)19-15-5-4-6-16(19)14-20-13-15/h2-3,7-8,15-16,19-20H,4-6,9-14H2,1H3/t15-,16-/m0/s1. The molecule has 1 aromatic rings. The molecule has 2 bridgehead atoms. The molecule has 2 heterocycles. The maximum atomic E-state index is 5.54. The van der Waals surface area contributed by atoms with Crippen LogP contribution in [0.15, 0.2) is 24.3 Å². The SMILES string of the molecule is COc1ccccc1N1CCN(C2[C@H]3CCC[C@H]2CNC3)CC1. The number of piperazine rings is 1. The molecule has 4 nitrogen and oxygen atoms in total. The van der Waals surface area contributed by atoms with Crippen LogP contribution in [0.2, 0.25) is 0 Å². The van der Waals surface area contributed by atoms with Crippen LogP contribution in [0.25, 0.3) is 0 Å². The van der Waals surface area contributed by atoms with Crippen molar-refractivity contribution in [3.05, 3.63) is 24.3 Å². The Kier molecular flexibility index (Phi) is 4.45. The van der Waals surface area contributed by atoms with Crippen LogP contribution in [0.4, 0.5) is 5.69 Å². The number of ether oxygens (including phenoxy) is 1. The number of benzene rings is 1. The summed E-state index contributed by atoms with van der Waals surface area (Å²) in [5.74, 6) is 2.75. The maximum Gasteiger partial charge on any atom is 0.142 e. The van der Waals surface area contributed by atoms with Crippen LogP contribution in [-0.2, 0) is 0 Å². The molecular formula is C19H29N3O. The predicted octanol–water partition coefficient (Wildman–Crippen LogP) is 2.21. The van der Waals surface area contributed by atoms with E-state index in [1.54, 1.807) is 7.11 Å². The maximum absolute atomic E-state index is 5.54. The minimum absolute atomic E-state index is 0.824. The van der Waals surface area contributed by atoms with Crippen molar-refractivity contribution in [3.63, 3.8) is 0 Å². The Labute approximate surface area is 139 Å². The predicted molar refractivity (Wildman–Crippen MR) is 94.3 cm³/mol. The van der Waals surface area contributed by atoms with E-state index in [2.05, 4.69) is 39.4 Å². The fourth-order valence-corrected chi connectivity index (χ4v) is 5.02. The molecule has 1 aromatic carbocycles. The highest BCUT2D eigenvalue weighted by Crippen LogP contribution is 2.36. The molecule has 3 fully saturated rings. The van der Waals surface area contributed by atoms with E-state index in [0.29, 0.717) is 0 Å². The number of anilines is 1. The average molecular weight is 315 g/mol. The van der Waals surface area contributed by atoms with E-state index in [0.717, 1.165) is 36.7 Å². The van der Waals surface area contributed by atoms with Gasteiger partial charge in [-0.25, -0.2) is 0 Å². The van der Waals surface area contributed by atoms with Crippen molar-refractivity contribution in [1.29, 1.82) is 0 Å². The van der Waals surface area contributed by atoms with Gasteiger partial charge in [-0.15, -0.1) is 0 Å². The third kappa shape index (κ3) is 2.94. The molecule has 2 aliphatic heterocycles. The van der Waals surface area contributed by atoms with Gasteiger partial charge >= 0.3 is 0 Å². The van der Waals surface area contributed by atoms with Crippen LogP contribution in [0.1, 0.15) is 19.3 Å². The van der Waals surface area contributed by atoms with E-state index in [1.807, 2.05) is 0 Å². The molecule has 2 atom stereocenters. The molecule has 4 heteroatoms. The van der Waals surface area contributed by atoms with Crippen LogP contribution >= 0.6 is 0 Å². The summed E-state index contributed by atoms with van der Waals surface area (Å²) in [5.41, 5.74) is 1.25. The molecule has 3 aliphatic rings. The van der Waals surface area contributed by atoms with Gasteiger partial charge < -0.3 is 15.0 Å². The highest BCUT2D eigenvalue weighted by Gasteiger charge is 2.40. The molecule has 0 radical (unpaired) electrons. The van der Waals surface area contributed by atoms with Crippen molar-refractivity contribution in [2.75, 3.05) is 51.3 Å². The summed E-state index contributed by atoms with van der Waals surface area (Å²) in [6.45, 7) is 7.07. The lowest BCUT2D eigenvalue weighted by Crippen LogP contribution is -2.61. The van der Waals surface area contributed by atoms with E-state index < -0.39 is 0 Å². The molecule has 0 spiro atoms. The molecule has 0 unspecified atom stereocenters. The number of hydrogen-bond donors (Lipinski definition) is 1. The molecule has 126 valence electrons. The van der Waals surface area contributed by atoms with Crippen LogP contribution < -0.4 is 15.0 Å². The number of fused-ring (bicyclic) bond motifs is 2. The largest absolute Gasteiger partial charge is 0.495 e. The van der Waals surface area contributed by atoms with Crippen molar-refractivity contribution < 1.29 is 4.74 Å². The van der Waals surface area contributed by atoms with Gasteiger partial charge in [-0.1, -0.05) is 18.6 Å². The molecule has 1 saturated carbocycles. The summed E-state index contributed by atoms with van der Waals surface area (Å²) >= 11 is 0. The summed E-state index contributed by atoms with van der Waals surface area (Å²) in [6.07, 6.45) is 4.27. The summed E-state index contributed by atoms with van der Waals surface area (Å²) in [6, 6.07) is 9.24. The zero-order chi connectivity index (χ0) is 15.6. The summed E-state index contributed by atoms with van der Waals surface area (Å²) in [7, 11) is 1.77. The van der Waals surface area contributed by atoms with Gasteiger partial charge in [-0.05, 0) is 49.9 Å². The first-order valence-corrected chi connectivity index (χ1v) is 9.19. The molecule has 0 aromatic heterocycles. The molecule has 0 amide bonds. The Hall–Kier alpha value is -1.26. The molecule has 1 N–H and O–H groups in total. The van der Waals surface area contributed by atoms with Gasteiger partial charge in [0.15, 0.2) is 0 Å².